The second kappa shape index (κ2) is 5.59. The van der Waals surface area contributed by atoms with Crippen LogP contribution in [0.5, 0.6) is 0 Å². The normalized spacial score (nSPS) is 12.9. The van der Waals surface area contributed by atoms with E-state index in [4.69, 9.17) is 23.2 Å². The van der Waals surface area contributed by atoms with Crippen molar-refractivity contribution in [3.05, 3.63) is 33.8 Å². The molecule has 1 nitrogen and oxygen atoms in total. The van der Waals surface area contributed by atoms with Gasteiger partial charge in [-0.25, -0.2) is 0 Å². The van der Waals surface area contributed by atoms with E-state index in [1.807, 2.05) is 12.1 Å². The molecule has 1 atom stereocenters. The molecule has 0 fully saturated rings. The van der Waals surface area contributed by atoms with E-state index in [0.717, 1.165) is 28.6 Å². The molecule has 0 aliphatic heterocycles. The highest BCUT2D eigenvalue weighted by Gasteiger charge is 2.08. The van der Waals surface area contributed by atoms with Gasteiger partial charge in [0.15, 0.2) is 0 Å². The fourth-order valence-corrected chi connectivity index (χ4v) is 1.78. The smallest absolute Gasteiger partial charge is 0.0454 e. The van der Waals surface area contributed by atoms with Gasteiger partial charge in [-0.05, 0) is 43.7 Å². The summed E-state index contributed by atoms with van der Waals surface area (Å²) in [5.41, 5.74) is 1.06. The number of hydrogen-bond donors (Lipinski definition) is 1. The summed E-state index contributed by atoms with van der Waals surface area (Å²) in [4.78, 5) is 0. The van der Waals surface area contributed by atoms with Crippen LogP contribution >= 0.6 is 23.2 Å². The summed E-state index contributed by atoms with van der Waals surface area (Å²) >= 11 is 12.0. The summed E-state index contributed by atoms with van der Waals surface area (Å²) in [6.45, 7) is 5.22. The molecular formula is C11H15Cl2N. The van der Waals surface area contributed by atoms with Gasteiger partial charge in [0.2, 0.25) is 0 Å². The van der Waals surface area contributed by atoms with Crippen molar-refractivity contribution in [2.45, 2.75) is 26.3 Å². The summed E-state index contributed by atoms with van der Waals surface area (Å²) in [7, 11) is 0. The van der Waals surface area contributed by atoms with Crippen LogP contribution in [-0.2, 0) is 0 Å². The van der Waals surface area contributed by atoms with Gasteiger partial charge in [-0.3, -0.25) is 0 Å². The molecule has 1 aromatic rings. The van der Waals surface area contributed by atoms with E-state index in [9.17, 15) is 0 Å². The lowest BCUT2D eigenvalue weighted by molar-refractivity contribution is 0.571. The lowest BCUT2D eigenvalue weighted by Gasteiger charge is -2.15. The SMILES string of the molecule is CCCNC(C)c1cc(Cl)ccc1Cl. The molecule has 0 heterocycles. The summed E-state index contributed by atoms with van der Waals surface area (Å²) in [6.07, 6.45) is 1.11. The quantitative estimate of drug-likeness (QED) is 0.825. The highest BCUT2D eigenvalue weighted by Crippen LogP contribution is 2.25. The Bertz CT molecular complexity index is 299. The minimum Gasteiger partial charge on any atom is -0.310 e. The summed E-state index contributed by atoms with van der Waals surface area (Å²) < 4.78 is 0. The van der Waals surface area contributed by atoms with Crippen molar-refractivity contribution in [2.75, 3.05) is 6.54 Å². The van der Waals surface area contributed by atoms with Gasteiger partial charge in [0, 0.05) is 16.1 Å². The van der Waals surface area contributed by atoms with E-state index in [1.165, 1.54) is 0 Å². The third kappa shape index (κ3) is 3.16. The molecule has 0 aromatic heterocycles. The average molecular weight is 232 g/mol. The van der Waals surface area contributed by atoms with Crippen molar-refractivity contribution in [3.63, 3.8) is 0 Å². The van der Waals surface area contributed by atoms with Gasteiger partial charge in [-0.15, -0.1) is 0 Å². The van der Waals surface area contributed by atoms with Crippen LogP contribution < -0.4 is 5.32 Å². The van der Waals surface area contributed by atoms with E-state index in [-0.39, 0.29) is 6.04 Å². The molecule has 0 saturated heterocycles. The zero-order valence-electron chi connectivity index (χ0n) is 8.48. The van der Waals surface area contributed by atoms with Crippen LogP contribution in [-0.4, -0.2) is 6.54 Å². The zero-order valence-corrected chi connectivity index (χ0v) is 9.99. The number of rotatable bonds is 4. The Kier molecular flexibility index (Phi) is 4.73. The Balaban J connectivity index is 2.77. The standard InChI is InChI=1S/C11H15Cl2N/c1-3-6-14-8(2)10-7-9(12)4-5-11(10)13/h4-5,7-8,14H,3,6H2,1-2H3. The Morgan fingerprint density at radius 3 is 2.71 bits per heavy atom. The summed E-state index contributed by atoms with van der Waals surface area (Å²) in [5, 5.41) is 4.87. The zero-order chi connectivity index (χ0) is 10.6. The van der Waals surface area contributed by atoms with Crippen LogP contribution in [0.2, 0.25) is 10.0 Å². The molecule has 1 unspecified atom stereocenters. The predicted molar refractivity (Wildman–Crippen MR) is 63.2 cm³/mol. The van der Waals surface area contributed by atoms with E-state index < -0.39 is 0 Å². The van der Waals surface area contributed by atoms with E-state index >= 15 is 0 Å². The lowest BCUT2D eigenvalue weighted by atomic mass is 10.1. The molecule has 0 radical (unpaired) electrons. The number of halogens is 2. The predicted octanol–water partition coefficient (Wildman–Crippen LogP) is 4.05. The van der Waals surface area contributed by atoms with Crippen molar-refractivity contribution in [3.8, 4) is 0 Å². The molecule has 0 bridgehead atoms. The molecule has 0 aliphatic rings. The first-order valence-corrected chi connectivity index (χ1v) is 5.59. The Morgan fingerprint density at radius 1 is 1.36 bits per heavy atom. The van der Waals surface area contributed by atoms with Crippen LogP contribution in [0.4, 0.5) is 0 Å². The largest absolute Gasteiger partial charge is 0.310 e. The van der Waals surface area contributed by atoms with Crippen molar-refractivity contribution >= 4 is 23.2 Å². The Morgan fingerprint density at radius 2 is 2.07 bits per heavy atom. The molecule has 14 heavy (non-hydrogen) atoms. The first kappa shape index (κ1) is 11.8. The maximum Gasteiger partial charge on any atom is 0.0454 e. The maximum atomic E-state index is 6.07. The van der Waals surface area contributed by atoms with Gasteiger partial charge in [0.25, 0.3) is 0 Å². The van der Waals surface area contributed by atoms with Gasteiger partial charge in [-0.2, -0.15) is 0 Å². The molecule has 3 heteroatoms. The van der Waals surface area contributed by atoms with E-state index in [2.05, 4.69) is 19.2 Å². The second-order valence-corrected chi connectivity index (χ2v) is 4.19. The first-order chi connectivity index (χ1) is 6.65. The maximum absolute atomic E-state index is 6.07. The van der Waals surface area contributed by atoms with Crippen LogP contribution in [0.15, 0.2) is 18.2 Å². The van der Waals surface area contributed by atoms with E-state index in [1.54, 1.807) is 6.07 Å². The van der Waals surface area contributed by atoms with Crippen LogP contribution in [0.25, 0.3) is 0 Å². The molecule has 0 aliphatic carbocycles. The first-order valence-electron chi connectivity index (χ1n) is 4.83. The monoisotopic (exact) mass is 231 g/mol. The Labute approximate surface area is 95.4 Å². The third-order valence-corrected chi connectivity index (χ3v) is 2.70. The average Bonchev–Trinajstić information content (AvgIpc) is 2.18. The highest BCUT2D eigenvalue weighted by atomic mass is 35.5. The van der Waals surface area contributed by atoms with Crippen molar-refractivity contribution in [1.82, 2.24) is 5.32 Å². The van der Waals surface area contributed by atoms with Crippen molar-refractivity contribution < 1.29 is 0 Å². The van der Waals surface area contributed by atoms with Crippen LogP contribution in [0, 0.1) is 0 Å². The molecule has 1 N–H and O–H groups in total. The minimum absolute atomic E-state index is 0.251. The fourth-order valence-electron chi connectivity index (χ4n) is 1.32. The van der Waals surface area contributed by atoms with Gasteiger partial charge in [-0.1, -0.05) is 30.1 Å². The molecular weight excluding hydrogens is 217 g/mol. The van der Waals surface area contributed by atoms with Gasteiger partial charge < -0.3 is 5.32 Å². The molecule has 0 saturated carbocycles. The highest BCUT2D eigenvalue weighted by molar-refractivity contribution is 6.33. The summed E-state index contributed by atoms with van der Waals surface area (Å²) in [5.74, 6) is 0. The van der Waals surface area contributed by atoms with Crippen LogP contribution in [0.1, 0.15) is 31.9 Å². The van der Waals surface area contributed by atoms with Crippen LogP contribution in [0.3, 0.4) is 0 Å². The lowest BCUT2D eigenvalue weighted by Crippen LogP contribution is -2.19. The fraction of sp³-hybridized carbons (Fsp3) is 0.455. The number of hydrogen-bond acceptors (Lipinski definition) is 1. The van der Waals surface area contributed by atoms with Crippen molar-refractivity contribution in [2.24, 2.45) is 0 Å². The summed E-state index contributed by atoms with van der Waals surface area (Å²) in [6, 6.07) is 5.81. The van der Waals surface area contributed by atoms with Gasteiger partial charge >= 0.3 is 0 Å². The second-order valence-electron chi connectivity index (χ2n) is 3.34. The van der Waals surface area contributed by atoms with Gasteiger partial charge in [0.1, 0.15) is 0 Å². The molecule has 0 amide bonds. The third-order valence-electron chi connectivity index (χ3n) is 2.13. The van der Waals surface area contributed by atoms with Gasteiger partial charge in [0.05, 0.1) is 0 Å². The molecule has 0 spiro atoms. The molecule has 1 aromatic carbocycles. The topological polar surface area (TPSA) is 12.0 Å². The van der Waals surface area contributed by atoms with E-state index in [0.29, 0.717) is 0 Å². The minimum atomic E-state index is 0.251. The number of benzene rings is 1. The molecule has 78 valence electrons. The molecule has 1 rings (SSSR count). The van der Waals surface area contributed by atoms with Crippen molar-refractivity contribution in [1.29, 1.82) is 0 Å². The number of nitrogens with one attached hydrogen (secondary N) is 1. The Hall–Kier alpha value is -0.240.